The zero-order valence-electron chi connectivity index (χ0n) is 11.9. The van der Waals surface area contributed by atoms with Crippen molar-refractivity contribution in [2.75, 3.05) is 13.1 Å². The van der Waals surface area contributed by atoms with Gasteiger partial charge in [0, 0.05) is 13.1 Å². The summed E-state index contributed by atoms with van der Waals surface area (Å²) in [5, 5.41) is 5.09. The molecule has 1 rings (SSSR count). The van der Waals surface area contributed by atoms with Crippen LogP contribution in [0, 0.1) is 5.92 Å². The van der Waals surface area contributed by atoms with E-state index in [1.807, 2.05) is 12.3 Å². The maximum Gasteiger partial charge on any atom is 0.250 e. The third-order valence-electron chi connectivity index (χ3n) is 3.19. The van der Waals surface area contributed by atoms with Gasteiger partial charge in [0.2, 0.25) is 10.0 Å². The van der Waals surface area contributed by atoms with Crippen molar-refractivity contribution in [1.82, 2.24) is 10.0 Å². The van der Waals surface area contributed by atoms with Crippen LogP contribution in [0.3, 0.4) is 0 Å². The molecule has 6 heteroatoms. The first-order chi connectivity index (χ1) is 9.03. The minimum absolute atomic E-state index is 0.409. The Labute approximate surface area is 120 Å². The molecule has 0 atom stereocenters. The Bertz CT molecular complexity index is 465. The predicted octanol–water partition coefficient (Wildman–Crippen LogP) is 2.57. The average Bonchev–Trinajstić information content (AvgIpc) is 2.87. The minimum atomic E-state index is -3.34. The molecule has 19 heavy (non-hydrogen) atoms. The highest BCUT2D eigenvalue weighted by Gasteiger charge is 2.17. The van der Waals surface area contributed by atoms with Crippen LogP contribution in [0.2, 0.25) is 0 Å². The molecule has 0 aliphatic rings. The van der Waals surface area contributed by atoms with Crippen LogP contribution in [0.1, 0.15) is 39.2 Å². The van der Waals surface area contributed by atoms with Gasteiger partial charge in [0.1, 0.15) is 4.21 Å². The topological polar surface area (TPSA) is 58.2 Å². The van der Waals surface area contributed by atoms with Crippen molar-refractivity contribution in [3.63, 3.8) is 0 Å². The van der Waals surface area contributed by atoms with Crippen molar-refractivity contribution in [1.29, 1.82) is 0 Å². The summed E-state index contributed by atoms with van der Waals surface area (Å²) in [6, 6.07) is 1.75. The molecule has 0 spiro atoms. The molecule has 0 saturated carbocycles. The lowest BCUT2D eigenvalue weighted by Gasteiger charge is -2.12. The van der Waals surface area contributed by atoms with Crippen molar-refractivity contribution in [3.8, 4) is 0 Å². The fourth-order valence-corrected chi connectivity index (χ4v) is 4.10. The Kier molecular flexibility index (Phi) is 6.99. The van der Waals surface area contributed by atoms with E-state index in [0.29, 0.717) is 16.7 Å². The Morgan fingerprint density at radius 3 is 2.53 bits per heavy atom. The smallest absolute Gasteiger partial charge is 0.250 e. The Balaban J connectivity index is 2.64. The molecule has 0 fully saturated rings. The van der Waals surface area contributed by atoms with Crippen LogP contribution in [0.25, 0.3) is 0 Å². The number of hydrogen-bond donors (Lipinski definition) is 2. The van der Waals surface area contributed by atoms with Crippen molar-refractivity contribution in [2.45, 2.75) is 44.4 Å². The van der Waals surface area contributed by atoms with Gasteiger partial charge in [-0.25, -0.2) is 13.1 Å². The highest BCUT2D eigenvalue weighted by atomic mass is 32.2. The molecule has 0 aromatic carbocycles. The van der Waals surface area contributed by atoms with Crippen LogP contribution >= 0.6 is 11.3 Å². The minimum Gasteiger partial charge on any atom is -0.313 e. The van der Waals surface area contributed by atoms with Gasteiger partial charge in [0.25, 0.3) is 0 Å². The molecule has 0 unspecified atom stereocenters. The van der Waals surface area contributed by atoms with Gasteiger partial charge in [0.15, 0.2) is 0 Å². The molecule has 0 aliphatic heterocycles. The lowest BCUT2D eigenvalue weighted by molar-refractivity contribution is 0.479. The molecular formula is C13H24N2O2S2. The van der Waals surface area contributed by atoms with Crippen LogP contribution in [0.4, 0.5) is 0 Å². The van der Waals surface area contributed by atoms with Gasteiger partial charge in [-0.2, -0.15) is 0 Å². The summed E-state index contributed by atoms with van der Waals surface area (Å²) in [5.74, 6) is 0.413. The van der Waals surface area contributed by atoms with E-state index in [0.717, 1.165) is 31.5 Å². The van der Waals surface area contributed by atoms with E-state index in [4.69, 9.17) is 0 Å². The highest BCUT2D eigenvalue weighted by Crippen LogP contribution is 2.20. The monoisotopic (exact) mass is 304 g/mol. The van der Waals surface area contributed by atoms with Gasteiger partial charge in [-0.15, -0.1) is 11.3 Å². The molecule has 0 amide bonds. The van der Waals surface area contributed by atoms with Crippen molar-refractivity contribution < 1.29 is 8.42 Å². The molecule has 110 valence electrons. The van der Waals surface area contributed by atoms with E-state index in [2.05, 4.69) is 23.9 Å². The zero-order chi connectivity index (χ0) is 14.3. The molecule has 0 aliphatic carbocycles. The second kappa shape index (κ2) is 7.99. The second-order valence-electron chi connectivity index (χ2n) is 4.59. The summed E-state index contributed by atoms with van der Waals surface area (Å²) in [6.07, 6.45) is 1.99. The van der Waals surface area contributed by atoms with E-state index < -0.39 is 10.0 Å². The molecule has 1 heterocycles. The van der Waals surface area contributed by atoms with Gasteiger partial charge < -0.3 is 5.32 Å². The molecular weight excluding hydrogens is 280 g/mol. The van der Waals surface area contributed by atoms with Crippen molar-refractivity contribution in [2.24, 2.45) is 5.92 Å². The molecule has 0 bridgehead atoms. The lowest BCUT2D eigenvalue weighted by atomic mass is 10.0. The third kappa shape index (κ3) is 5.22. The Morgan fingerprint density at radius 2 is 1.95 bits per heavy atom. The SMILES string of the molecule is CCNCc1csc(S(=O)(=O)NCC(CC)CC)c1. The Hall–Kier alpha value is -0.430. The fraction of sp³-hybridized carbons (Fsp3) is 0.692. The third-order valence-corrected chi connectivity index (χ3v) is 6.10. The number of sulfonamides is 1. The maximum atomic E-state index is 12.1. The van der Waals surface area contributed by atoms with Gasteiger partial charge in [-0.1, -0.05) is 33.6 Å². The first kappa shape index (κ1) is 16.6. The predicted molar refractivity (Wildman–Crippen MR) is 81.0 cm³/mol. The van der Waals surface area contributed by atoms with Gasteiger partial charge >= 0.3 is 0 Å². The first-order valence-corrected chi connectivity index (χ1v) is 9.17. The zero-order valence-corrected chi connectivity index (χ0v) is 13.5. The Morgan fingerprint density at radius 1 is 1.26 bits per heavy atom. The fourth-order valence-electron chi connectivity index (χ4n) is 1.73. The summed E-state index contributed by atoms with van der Waals surface area (Å²) in [4.78, 5) is 0. The van der Waals surface area contributed by atoms with Crippen LogP contribution < -0.4 is 10.0 Å². The standard InChI is InChI=1S/C13H24N2O2S2/c1-4-11(5-2)9-15-19(16,17)13-7-12(10-18-13)8-14-6-3/h7,10-11,14-15H,4-6,8-9H2,1-3H3. The van der Waals surface area contributed by atoms with Crippen molar-refractivity contribution in [3.05, 3.63) is 17.0 Å². The summed E-state index contributed by atoms with van der Waals surface area (Å²) < 4.78 is 27.4. The number of thiophene rings is 1. The van der Waals surface area contributed by atoms with E-state index in [1.54, 1.807) is 6.07 Å². The maximum absolute atomic E-state index is 12.1. The van der Waals surface area contributed by atoms with Gasteiger partial charge in [-0.3, -0.25) is 0 Å². The van der Waals surface area contributed by atoms with E-state index in [-0.39, 0.29) is 0 Å². The number of nitrogens with one attached hydrogen (secondary N) is 2. The quantitative estimate of drug-likeness (QED) is 0.737. The van der Waals surface area contributed by atoms with Gasteiger partial charge in [0.05, 0.1) is 0 Å². The molecule has 1 aromatic rings. The summed E-state index contributed by atoms with van der Waals surface area (Å²) in [5.41, 5.74) is 1.02. The second-order valence-corrected chi connectivity index (χ2v) is 7.49. The van der Waals surface area contributed by atoms with E-state index >= 15 is 0 Å². The summed E-state index contributed by atoms with van der Waals surface area (Å²) in [6.45, 7) is 8.32. The summed E-state index contributed by atoms with van der Waals surface area (Å²) >= 11 is 1.28. The molecule has 1 aromatic heterocycles. The van der Waals surface area contributed by atoms with Crippen molar-refractivity contribution >= 4 is 21.4 Å². The number of rotatable bonds is 9. The highest BCUT2D eigenvalue weighted by molar-refractivity contribution is 7.91. The molecule has 0 radical (unpaired) electrons. The molecule has 4 nitrogen and oxygen atoms in total. The normalized spacial score (nSPS) is 12.2. The van der Waals surface area contributed by atoms with E-state index in [9.17, 15) is 8.42 Å². The van der Waals surface area contributed by atoms with Crippen LogP contribution in [0.15, 0.2) is 15.7 Å². The van der Waals surface area contributed by atoms with Gasteiger partial charge in [-0.05, 0) is 29.5 Å². The number of hydrogen-bond acceptors (Lipinski definition) is 4. The van der Waals surface area contributed by atoms with E-state index in [1.165, 1.54) is 11.3 Å². The van der Waals surface area contributed by atoms with Crippen LogP contribution in [-0.4, -0.2) is 21.5 Å². The molecule has 0 saturated heterocycles. The molecule has 2 N–H and O–H groups in total. The van der Waals surface area contributed by atoms with Crippen LogP contribution in [-0.2, 0) is 16.6 Å². The first-order valence-electron chi connectivity index (χ1n) is 6.81. The lowest BCUT2D eigenvalue weighted by Crippen LogP contribution is -2.28. The largest absolute Gasteiger partial charge is 0.313 e. The average molecular weight is 304 g/mol. The van der Waals surface area contributed by atoms with Crippen LogP contribution in [0.5, 0.6) is 0 Å². The summed E-state index contributed by atoms with van der Waals surface area (Å²) in [7, 11) is -3.34.